The molecule has 0 saturated heterocycles. The number of ether oxygens (including phenoxy) is 1. The number of nitrogens with zero attached hydrogens (tertiary/aromatic N) is 2. The molecule has 20 heavy (non-hydrogen) atoms. The van der Waals surface area contributed by atoms with Crippen molar-refractivity contribution in [2.75, 3.05) is 7.11 Å². The van der Waals surface area contributed by atoms with Crippen LogP contribution in [-0.2, 0) is 16.1 Å². The Balaban J connectivity index is 2.36. The van der Waals surface area contributed by atoms with Gasteiger partial charge in [-0.25, -0.2) is 4.99 Å². The second-order valence-corrected chi connectivity index (χ2v) is 5.66. The Hall–Kier alpha value is -1.75. The molecule has 5 heteroatoms. The Kier molecular flexibility index (Phi) is 3.90. The normalized spacial score (nSPS) is 22.1. The van der Waals surface area contributed by atoms with Crippen LogP contribution in [-0.4, -0.2) is 29.4 Å². The Morgan fingerprint density at radius 3 is 2.65 bits per heavy atom. The minimum absolute atomic E-state index is 0.0651. The maximum atomic E-state index is 12.1. The number of amidine groups is 1. The summed E-state index contributed by atoms with van der Waals surface area (Å²) in [5.41, 5.74) is 1.99. The molecule has 0 aromatic carbocycles. The maximum Gasteiger partial charge on any atom is 0.253 e. The predicted molar refractivity (Wildman–Crippen MR) is 77.6 cm³/mol. The van der Waals surface area contributed by atoms with Crippen LogP contribution in [0.15, 0.2) is 17.3 Å². The Bertz CT molecular complexity index is 566. The van der Waals surface area contributed by atoms with Crippen LogP contribution in [0.3, 0.4) is 0 Å². The number of carbonyl (C=O) groups excluding carboxylic acids is 1. The summed E-state index contributed by atoms with van der Waals surface area (Å²) >= 11 is 0. The molecule has 1 aliphatic rings. The molecule has 108 valence electrons. The van der Waals surface area contributed by atoms with E-state index in [9.17, 15) is 4.79 Å². The highest BCUT2D eigenvalue weighted by Crippen LogP contribution is 2.27. The minimum Gasteiger partial charge on any atom is -0.380 e. The van der Waals surface area contributed by atoms with Gasteiger partial charge in [-0.05, 0) is 37.0 Å². The molecule has 0 bridgehead atoms. The van der Waals surface area contributed by atoms with E-state index in [2.05, 4.69) is 15.3 Å². The van der Waals surface area contributed by atoms with Crippen LogP contribution < -0.4 is 5.32 Å². The van der Waals surface area contributed by atoms with Gasteiger partial charge in [0.2, 0.25) is 0 Å². The molecule has 0 fully saturated rings. The Morgan fingerprint density at radius 1 is 1.45 bits per heavy atom. The monoisotopic (exact) mass is 275 g/mol. The fourth-order valence-electron chi connectivity index (χ4n) is 2.17. The van der Waals surface area contributed by atoms with Crippen molar-refractivity contribution in [3.05, 3.63) is 29.1 Å². The summed E-state index contributed by atoms with van der Waals surface area (Å²) < 4.78 is 5.09. The van der Waals surface area contributed by atoms with Crippen molar-refractivity contribution < 1.29 is 9.53 Å². The number of aromatic nitrogens is 1. The topological polar surface area (TPSA) is 63.6 Å². The van der Waals surface area contributed by atoms with Gasteiger partial charge < -0.3 is 10.1 Å². The second kappa shape index (κ2) is 5.32. The third-order valence-corrected chi connectivity index (χ3v) is 3.83. The van der Waals surface area contributed by atoms with Gasteiger partial charge in [0.1, 0.15) is 11.2 Å². The summed E-state index contributed by atoms with van der Waals surface area (Å²) in [6.45, 7) is 8.33. The third-order valence-electron chi connectivity index (χ3n) is 3.83. The lowest BCUT2D eigenvalue weighted by molar-refractivity contribution is -0.124. The van der Waals surface area contributed by atoms with Gasteiger partial charge in [0.15, 0.2) is 5.84 Å². The molecule has 1 N–H and O–H groups in total. The van der Waals surface area contributed by atoms with Crippen molar-refractivity contribution in [1.29, 1.82) is 0 Å². The van der Waals surface area contributed by atoms with Crippen LogP contribution in [0, 0.1) is 12.8 Å². The predicted octanol–water partition coefficient (Wildman–Crippen LogP) is 1.83. The quantitative estimate of drug-likeness (QED) is 0.911. The molecule has 1 aliphatic heterocycles. The third kappa shape index (κ3) is 2.45. The average Bonchev–Trinajstić information content (AvgIpc) is 2.67. The van der Waals surface area contributed by atoms with Crippen molar-refractivity contribution in [1.82, 2.24) is 10.3 Å². The van der Waals surface area contributed by atoms with Crippen LogP contribution in [0.4, 0.5) is 0 Å². The van der Waals surface area contributed by atoms with Crippen LogP contribution in [0.2, 0.25) is 0 Å². The average molecular weight is 275 g/mol. The van der Waals surface area contributed by atoms with Crippen molar-refractivity contribution >= 4 is 11.7 Å². The molecule has 0 spiro atoms. The van der Waals surface area contributed by atoms with E-state index in [0.717, 1.165) is 16.8 Å². The van der Waals surface area contributed by atoms with E-state index < -0.39 is 5.54 Å². The lowest BCUT2D eigenvalue weighted by atomic mass is 9.89. The van der Waals surface area contributed by atoms with Gasteiger partial charge >= 0.3 is 0 Å². The number of methoxy groups -OCH3 is 1. The van der Waals surface area contributed by atoms with Crippen LogP contribution in [0.5, 0.6) is 0 Å². The van der Waals surface area contributed by atoms with Gasteiger partial charge in [-0.15, -0.1) is 0 Å². The van der Waals surface area contributed by atoms with Gasteiger partial charge in [0, 0.05) is 13.3 Å². The molecule has 2 heterocycles. The standard InChI is InChI=1S/C15H21N3O2/c1-9(2)15(4)14(19)17-13(18-15)12-10(3)6-11(7-16-12)8-20-5/h6-7,9H,8H2,1-5H3,(H,17,18,19). The van der Waals surface area contributed by atoms with Gasteiger partial charge in [-0.1, -0.05) is 13.8 Å². The SMILES string of the molecule is COCc1cnc(C2=NC(C)(C(C)C)C(=O)N2)c(C)c1. The number of amides is 1. The fraction of sp³-hybridized carbons (Fsp3) is 0.533. The number of hydrogen-bond donors (Lipinski definition) is 1. The van der Waals surface area contributed by atoms with Gasteiger partial charge in [0.25, 0.3) is 5.91 Å². The zero-order valence-corrected chi connectivity index (χ0v) is 12.7. The first-order valence-electron chi connectivity index (χ1n) is 6.74. The van der Waals surface area contributed by atoms with E-state index in [0.29, 0.717) is 12.4 Å². The first kappa shape index (κ1) is 14.7. The van der Waals surface area contributed by atoms with Gasteiger partial charge in [-0.2, -0.15) is 0 Å². The molecule has 0 saturated carbocycles. The second-order valence-electron chi connectivity index (χ2n) is 5.66. The Morgan fingerprint density at radius 2 is 2.15 bits per heavy atom. The van der Waals surface area contributed by atoms with E-state index in [1.54, 1.807) is 13.3 Å². The van der Waals surface area contributed by atoms with Crippen LogP contribution >= 0.6 is 0 Å². The van der Waals surface area contributed by atoms with E-state index in [-0.39, 0.29) is 11.8 Å². The van der Waals surface area contributed by atoms with Crippen molar-refractivity contribution in [3.8, 4) is 0 Å². The van der Waals surface area contributed by atoms with Crippen molar-refractivity contribution in [2.24, 2.45) is 10.9 Å². The highest BCUT2D eigenvalue weighted by atomic mass is 16.5. The number of aryl methyl sites for hydroxylation is 1. The van der Waals surface area contributed by atoms with E-state index in [4.69, 9.17) is 4.74 Å². The minimum atomic E-state index is -0.714. The molecule has 1 atom stereocenters. The molecule has 5 nitrogen and oxygen atoms in total. The molecule has 1 aromatic heterocycles. The Labute approximate surface area is 119 Å². The summed E-state index contributed by atoms with van der Waals surface area (Å²) in [4.78, 5) is 21.1. The number of pyridine rings is 1. The number of rotatable bonds is 4. The zero-order valence-electron chi connectivity index (χ0n) is 12.7. The molecule has 2 rings (SSSR count). The number of hydrogen-bond acceptors (Lipinski definition) is 4. The molecular weight excluding hydrogens is 254 g/mol. The summed E-state index contributed by atoms with van der Waals surface area (Å²) in [5.74, 6) is 0.630. The summed E-state index contributed by atoms with van der Waals surface area (Å²) in [7, 11) is 1.65. The summed E-state index contributed by atoms with van der Waals surface area (Å²) in [5, 5.41) is 2.85. The van der Waals surface area contributed by atoms with E-state index in [1.165, 1.54) is 0 Å². The molecule has 1 aromatic rings. The molecule has 0 aliphatic carbocycles. The summed E-state index contributed by atoms with van der Waals surface area (Å²) in [6.07, 6.45) is 1.76. The number of aliphatic imine (C=N–C) groups is 1. The molecular formula is C15H21N3O2. The lowest BCUT2D eigenvalue weighted by Gasteiger charge is -2.21. The first-order valence-corrected chi connectivity index (χ1v) is 6.74. The van der Waals surface area contributed by atoms with Gasteiger partial charge in [0.05, 0.1) is 6.61 Å². The maximum absolute atomic E-state index is 12.1. The van der Waals surface area contributed by atoms with E-state index >= 15 is 0 Å². The zero-order chi connectivity index (χ0) is 14.9. The number of carbonyl (C=O) groups is 1. The molecule has 0 radical (unpaired) electrons. The van der Waals surface area contributed by atoms with Gasteiger partial charge in [-0.3, -0.25) is 9.78 Å². The van der Waals surface area contributed by atoms with E-state index in [1.807, 2.05) is 33.8 Å². The smallest absolute Gasteiger partial charge is 0.253 e. The van der Waals surface area contributed by atoms with Crippen LogP contribution in [0.1, 0.15) is 37.6 Å². The van der Waals surface area contributed by atoms with Crippen LogP contribution in [0.25, 0.3) is 0 Å². The molecule has 1 unspecified atom stereocenters. The summed E-state index contributed by atoms with van der Waals surface area (Å²) in [6, 6.07) is 2.01. The lowest BCUT2D eigenvalue weighted by Crippen LogP contribution is -2.41. The first-order chi connectivity index (χ1) is 9.38. The molecule has 1 amide bonds. The highest BCUT2D eigenvalue weighted by Gasteiger charge is 2.42. The largest absolute Gasteiger partial charge is 0.380 e. The fourth-order valence-corrected chi connectivity index (χ4v) is 2.17. The number of nitrogens with one attached hydrogen (secondary N) is 1. The van der Waals surface area contributed by atoms with Crippen molar-refractivity contribution in [2.45, 2.75) is 39.8 Å². The van der Waals surface area contributed by atoms with Crippen molar-refractivity contribution in [3.63, 3.8) is 0 Å². The highest BCUT2D eigenvalue weighted by molar-refractivity contribution is 6.15.